The molecule has 0 aliphatic rings. The van der Waals surface area contributed by atoms with E-state index in [1.54, 1.807) is 12.1 Å². The van der Waals surface area contributed by atoms with E-state index in [1.165, 1.54) is 6.20 Å². The summed E-state index contributed by atoms with van der Waals surface area (Å²) in [5.41, 5.74) is 0.246. The molecule has 1 amide bonds. The second kappa shape index (κ2) is 5.40. The van der Waals surface area contributed by atoms with Crippen molar-refractivity contribution in [1.29, 1.82) is 0 Å². The fourth-order valence-electron chi connectivity index (χ4n) is 0.986. The quantitative estimate of drug-likeness (QED) is 0.884. The number of amides is 1. The van der Waals surface area contributed by atoms with Crippen LogP contribution in [0.4, 0.5) is 0 Å². The van der Waals surface area contributed by atoms with Crippen LogP contribution in [0.2, 0.25) is 0 Å². The van der Waals surface area contributed by atoms with Gasteiger partial charge in [-0.2, -0.15) is 0 Å². The van der Waals surface area contributed by atoms with Gasteiger partial charge in [0.05, 0.1) is 5.75 Å². The Bertz CT molecular complexity index is 487. The third kappa shape index (κ3) is 4.28. The zero-order valence-corrected chi connectivity index (χ0v) is 11.0. The lowest BCUT2D eigenvalue weighted by atomic mass is 10.3. The van der Waals surface area contributed by atoms with Gasteiger partial charge in [-0.25, -0.2) is 13.4 Å². The van der Waals surface area contributed by atoms with Crippen molar-refractivity contribution in [3.63, 3.8) is 0 Å². The molecule has 1 N–H and O–H groups in total. The number of pyridine rings is 1. The van der Waals surface area contributed by atoms with E-state index in [-0.39, 0.29) is 18.0 Å². The number of carbonyl (C=O) groups excluding carboxylic acids is 1. The molecule has 88 valence electrons. The predicted octanol–water partition coefficient (Wildman–Crippen LogP) is 0.618. The van der Waals surface area contributed by atoms with Gasteiger partial charge in [-0.3, -0.25) is 4.79 Å². The Kier molecular flexibility index (Phi) is 4.43. The third-order valence-electron chi connectivity index (χ3n) is 1.73. The first-order valence-electron chi connectivity index (χ1n) is 4.46. The Morgan fingerprint density at radius 1 is 1.56 bits per heavy atom. The SMILES string of the molecule is CS(=O)(=O)CCNC(=O)c1ncccc1Br. The summed E-state index contributed by atoms with van der Waals surface area (Å²) in [5, 5.41) is 2.49. The van der Waals surface area contributed by atoms with Crippen LogP contribution < -0.4 is 5.32 Å². The molecule has 0 bridgehead atoms. The summed E-state index contributed by atoms with van der Waals surface area (Å²) in [7, 11) is -3.06. The molecule has 0 aliphatic carbocycles. The van der Waals surface area contributed by atoms with Crippen molar-refractivity contribution in [1.82, 2.24) is 10.3 Å². The number of carbonyl (C=O) groups is 1. The highest BCUT2D eigenvalue weighted by Crippen LogP contribution is 2.12. The molecule has 16 heavy (non-hydrogen) atoms. The molecule has 0 aromatic carbocycles. The summed E-state index contributed by atoms with van der Waals surface area (Å²) in [4.78, 5) is 15.4. The van der Waals surface area contributed by atoms with Crippen molar-refractivity contribution < 1.29 is 13.2 Å². The van der Waals surface area contributed by atoms with Crippen LogP contribution >= 0.6 is 15.9 Å². The van der Waals surface area contributed by atoms with Gasteiger partial charge in [-0.05, 0) is 28.1 Å². The average Bonchev–Trinajstić information content (AvgIpc) is 2.16. The molecule has 7 heteroatoms. The lowest BCUT2D eigenvalue weighted by molar-refractivity contribution is 0.0950. The van der Waals surface area contributed by atoms with Crippen molar-refractivity contribution in [2.75, 3.05) is 18.6 Å². The standard InChI is InChI=1S/C9H11BrN2O3S/c1-16(14,15)6-5-12-9(13)8-7(10)3-2-4-11-8/h2-4H,5-6H2,1H3,(H,12,13). The van der Waals surface area contributed by atoms with Gasteiger partial charge in [0.1, 0.15) is 15.5 Å². The Labute approximate surface area is 102 Å². The number of rotatable bonds is 4. The maximum Gasteiger partial charge on any atom is 0.271 e. The normalized spacial score (nSPS) is 11.1. The van der Waals surface area contributed by atoms with Crippen LogP contribution in [0.1, 0.15) is 10.5 Å². The second-order valence-corrected chi connectivity index (χ2v) is 6.33. The predicted molar refractivity (Wildman–Crippen MR) is 64.0 cm³/mol. The summed E-state index contributed by atoms with van der Waals surface area (Å²) in [6.45, 7) is 0.0840. The van der Waals surface area contributed by atoms with E-state index in [1.807, 2.05) is 0 Å². The maximum atomic E-state index is 11.6. The molecule has 0 fully saturated rings. The Hall–Kier alpha value is -0.950. The minimum atomic E-state index is -3.06. The van der Waals surface area contributed by atoms with Crippen LogP contribution in [0.25, 0.3) is 0 Å². The largest absolute Gasteiger partial charge is 0.350 e. The van der Waals surface area contributed by atoms with Crippen molar-refractivity contribution in [2.45, 2.75) is 0 Å². The van der Waals surface area contributed by atoms with Gasteiger partial charge in [0.25, 0.3) is 5.91 Å². The number of nitrogens with one attached hydrogen (secondary N) is 1. The first kappa shape index (κ1) is 13.1. The minimum Gasteiger partial charge on any atom is -0.350 e. The molecule has 1 heterocycles. The van der Waals surface area contributed by atoms with Crippen LogP contribution in [-0.2, 0) is 9.84 Å². The fraction of sp³-hybridized carbons (Fsp3) is 0.333. The van der Waals surface area contributed by atoms with Gasteiger partial charge in [-0.15, -0.1) is 0 Å². The van der Waals surface area contributed by atoms with E-state index >= 15 is 0 Å². The molecule has 1 rings (SSSR count). The highest BCUT2D eigenvalue weighted by Gasteiger charge is 2.11. The first-order valence-corrected chi connectivity index (χ1v) is 7.32. The molecular weight excluding hydrogens is 296 g/mol. The third-order valence-corrected chi connectivity index (χ3v) is 3.32. The molecule has 1 aromatic rings. The van der Waals surface area contributed by atoms with Crippen molar-refractivity contribution in [2.24, 2.45) is 0 Å². The summed E-state index contributed by atoms with van der Waals surface area (Å²) < 4.78 is 22.3. The van der Waals surface area contributed by atoms with Gasteiger partial charge in [0.15, 0.2) is 0 Å². The molecule has 0 saturated carbocycles. The second-order valence-electron chi connectivity index (χ2n) is 3.22. The van der Waals surface area contributed by atoms with Crippen molar-refractivity contribution >= 4 is 31.7 Å². The molecular formula is C9H11BrN2O3S. The number of hydrogen-bond acceptors (Lipinski definition) is 4. The summed E-state index contributed by atoms with van der Waals surface area (Å²) in [6, 6.07) is 3.38. The average molecular weight is 307 g/mol. The topological polar surface area (TPSA) is 76.1 Å². The molecule has 0 atom stereocenters. The number of halogens is 1. The Morgan fingerprint density at radius 3 is 2.81 bits per heavy atom. The van der Waals surface area contributed by atoms with E-state index in [0.29, 0.717) is 4.47 Å². The van der Waals surface area contributed by atoms with Crippen LogP contribution in [-0.4, -0.2) is 37.9 Å². The zero-order valence-electron chi connectivity index (χ0n) is 8.60. The van der Waals surface area contributed by atoms with Gasteiger partial charge < -0.3 is 5.32 Å². The zero-order chi connectivity index (χ0) is 12.2. The van der Waals surface area contributed by atoms with E-state index in [4.69, 9.17) is 0 Å². The smallest absolute Gasteiger partial charge is 0.271 e. The van der Waals surface area contributed by atoms with Crippen molar-refractivity contribution in [3.8, 4) is 0 Å². The van der Waals surface area contributed by atoms with Crippen LogP contribution in [0.15, 0.2) is 22.8 Å². The number of aromatic nitrogens is 1. The van der Waals surface area contributed by atoms with E-state index in [0.717, 1.165) is 6.26 Å². The van der Waals surface area contributed by atoms with E-state index in [9.17, 15) is 13.2 Å². The maximum absolute atomic E-state index is 11.6. The van der Waals surface area contributed by atoms with E-state index in [2.05, 4.69) is 26.2 Å². The lowest BCUT2D eigenvalue weighted by Gasteiger charge is -2.04. The van der Waals surface area contributed by atoms with Crippen LogP contribution in [0.5, 0.6) is 0 Å². The lowest BCUT2D eigenvalue weighted by Crippen LogP contribution is -2.29. The van der Waals surface area contributed by atoms with Gasteiger partial charge in [0.2, 0.25) is 0 Å². The monoisotopic (exact) mass is 306 g/mol. The summed E-state index contributed by atoms with van der Waals surface area (Å²) in [5.74, 6) is -0.473. The summed E-state index contributed by atoms with van der Waals surface area (Å²) >= 11 is 3.19. The Morgan fingerprint density at radius 2 is 2.25 bits per heavy atom. The molecule has 0 radical (unpaired) electrons. The van der Waals surface area contributed by atoms with Crippen molar-refractivity contribution in [3.05, 3.63) is 28.5 Å². The fourth-order valence-corrected chi connectivity index (χ4v) is 1.89. The molecule has 0 saturated heterocycles. The van der Waals surface area contributed by atoms with Crippen LogP contribution in [0.3, 0.4) is 0 Å². The molecule has 1 aromatic heterocycles. The minimum absolute atomic E-state index is 0.0802. The Balaban J connectivity index is 2.57. The molecule has 0 unspecified atom stereocenters. The molecule has 5 nitrogen and oxygen atoms in total. The number of nitrogens with zero attached hydrogens (tertiary/aromatic N) is 1. The highest BCUT2D eigenvalue weighted by molar-refractivity contribution is 9.10. The molecule has 0 spiro atoms. The number of sulfone groups is 1. The highest BCUT2D eigenvalue weighted by atomic mass is 79.9. The summed E-state index contributed by atoms with van der Waals surface area (Å²) in [6.07, 6.45) is 2.62. The van der Waals surface area contributed by atoms with Gasteiger partial charge in [-0.1, -0.05) is 0 Å². The first-order chi connectivity index (χ1) is 7.40. The van der Waals surface area contributed by atoms with Gasteiger partial charge in [0, 0.05) is 23.5 Å². The van der Waals surface area contributed by atoms with Gasteiger partial charge >= 0.3 is 0 Å². The number of hydrogen-bond donors (Lipinski definition) is 1. The van der Waals surface area contributed by atoms with Crippen LogP contribution in [0, 0.1) is 0 Å². The molecule has 0 aliphatic heterocycles. The van der Waals surface area contributed by atoms with E-state index < -0.39 is 15.7 Å².